The molecule has 2 aromatic rings. The predicted octanol–water partition coefficient (Wildman–Crippen LogP) is 1.61. The number of para-hydroxylation sites is 1. The summed E-state index contributed by atoms with van der Waals surface area (Å²) in [6, 6.07) is 7.77. The highest BCUT2D eigenvalue weighted by Crippen LogP contribution is 2.21. The monoisotopic (exact) mass is 276 g/mol. The van der Waals surface area contributed by atoms with Crippen molar-refractivity contribution < 1.29 is 14.6 Å². The van der Waals surface area contributed by atoms with Crippen LogP contribution in [0.25, 0.3) is 10.9 Å². The average Bonchev–Trinajstić information content (AvgIpc) is 2.78. The zero-order valence-corrected chi connectivity index (χ0v) is 11.6. The Morgan fingerprint density at radius 3 is 2.95 bits per heavy atom. The number of amides is 1. The van der Waals surface area contributed by atoms with Crippen LogP contribution in [0, 0.1) is 6.92 Å². The Labute approximate surface area is 117 Å². The van der Waals surface area contributed by atoms with Crippen molar-refractivity contribution in [3.63, 3.8) is 0 Å². The molecule has 2 rings (SSSR count). The minimum atomic E-state index is -0.0675. The number of nitrogens with one attached hydrogen (secondary N) is 2. The van der Waals surface area contributed by atoms with E-state index in [9.17, 15) is 4.79 Å². The molecule has 1 heterocycles. The Balaban J connectivity index is 1.93. The summed E-state index contributed by atoms with van der Waals surface area (Å²) < 4.78 is 5.14. The molecule has 0 aliphatic carbocycles. The van der Waals surface area contributed by atoms with Crippen LogP contribution in [0.4, 0.5) is 0 Å². The van der Waals surface area contributed by atoms with Crippen LogP contribution in [-0.2, 0) is 4.74 Å². The Kier molecular flexibility index (Phi) is 5.15. The predicted molar refractivity (Wildman–Crippen MR) is 77.9 cm³/mol. The van der Waals surface area contributed by atoms with E-state index < -0.39 is 0 Å². The number of carbonyl (C=O) groups is 1. The van der Waals surface area contributed by atoms with Gasteiger partial charge in [0.05, 0.1) is 18.8 Å². The highest BCUT2D eigenvalue weighted by Gasteiger charge is 2.14. The molecule has 0 aliphatic heterocycles. The molecule has 0 fully saturated rings. The zero-order valence-electron chi connectivity index (χ0n) is 11.6. The van der Waals surface area contributed by atoms with Crippen LogP contribution in [0.1, 0.15) is 22.5 Å². The van der Waals surface area contributed by atoms with Crippen LogP contribution in [0.5, 0.6) is 0 Å². The van der Waals surface area contributed by atoms with E-state index in [-0.39, 0.29) is 12.5 Å². The van der Waals surface area contributed by atoms with Gasteiger partial charge in [-0.1, -0.05) is 18.2 Å². The average molecular weight is 276 g/mol. The number of aliphatic hydroxyl groups is 1. The first-order chi connectivity index (χ1) is 9.74. The van der Waals surface area contributed by atoms with Crippen molar-refractivity contribution in [2.75, 3.05) is 26.4 Å². The van der Waals surface area contributed by atoms with Crippen molar-refractivity contribution in [1.29, 1.82) is 0 Å². The number of aliphatic hydroxyl groups excluding tert-OH is 1. The molecule has 0 aliphatic rings. The Morgan fingerprint density at radius 1 is 1.35 bits per heavy atom. The molecule has 0 unspecified atom stereocenters. The van der Waals surface area contributed by atoms with Gasteiger partial charge < -0.3 is 20.1 Å². The third-order valence-corrected chi connectivity index (χ3v) is 3.11. The van der Waals surface area contributed by atoms with Crippen LogP contribution in [0.2, 0.25) is 0 Å². The number of rotatable bonds is 7. The summed E-state index contributed by atoms with van der Waals surface area (Å²) in [5.74, 6) is -0.0675. The Bertz CT molecular complexity index is 578. The minimum Gasteiger partial charge on any atom is -0.394 e. The fourth-order valence-corrected chi connectivity index (χ4v) is 2.20. The van der Waals surface area contributed by atoms with E-state index in [2.05, 4.69) is 10.3 Å². The first kappa shape index (κ1) is 14.6. The largest absolute Gasteiger partial charge is 0.394 e. The molecular formula is C15H20N2O3. The second-order valence-electron chi connectivity index (χ2n) is 4.62. The number of hydrogen-bond donors (Lipinski definition) is 3. The number of fused-ring (bicyclic) bond motifs is 1. The number of H-pyrrole nitrogens is 1. The molecule has 0 atom stereocenters. The zero-order chi connectivity index (χ0) is 14.4. The summed E-state index contributed by atoms with van der Waals surface area (Å²) >= 11 is 0. The second-order valence-corrected chi connectivity index (χ2v) is 4.62. The van der Waals surface area contributed by atoms with Crippen LogP contribution < -0.4 is 5.32 Å². The summed E-state index contributed by atoms with van der Waals surface area (Å²) in [5, 5.41) is 12.4. The van der Waals surface area contributed by atoms with E-state index in [0.717, 1.165) is 23.0 Å². The highest BCUT2D eigenvalue weighted by atomic mass is 16.5. The summed E-state index contributed by atoms with van der Waals surface area (Å²) in [4.78, 5) is 15.4. The van der Waals surface area contributed by atoms with Crippen LogP contribution in [0.15, 0.2) is 24.3 Å². The molecule has 1 aromatic heterocycles. The van der Waals surface area contributed by atoms with Crippen molar-refractivity contribution in [3.05, 3.63) is 35.5 Å². The van der Waals surface area contributed by atoms with Gasteiger partial charge in [-0.15, -0.1) is 0 Å². The van der Waals surface area contributed by atoms with Crippen molar-refractivity contribution in [2.24, 2.45) is 0 Å². The lowest BCUT2D eigenvalue weighted by atomic mass is 10.1. The van der Waals surface area contributed by atoms with Crippen molar-refractivity contribution in [2.45, 2.75) is 13.3 Å². The Hall–Kier alpha value is -1.85. The smallest absolute Gasteiger partial charge is 0.253 e. The fourth-order valence-electron chi connectivity index (χ4n) is 2.20. The standard InChI is InChI=1S/C15H20N2O3/c1-11-14(12-5-2-3-6-13(12)17-11)15(19)16-7-4-9-20-10-8-18/h2-3,5-6,17-18H,4,7-10H2,1H3,(H,16,19). The third kappa shape index (κ3) is 3.37. The van der Waals surface area contributed by atoms with Crippen LogP contribution >= 0.6 is 0 Å². The lowest BCUT2D eigenvalue weighted by molar-refractivity contribution is 0.0868. The number of aryl methyl sites for hydroxylation is 1. The molecular weight excluding hydrogens is 256 g/mol. The van der Waals surface area contributed by atoms with Gasteiger partial charge in [-0.2, -0.15) is 0 Å². The van der Waals surface area contributed by atoms with Crippen LogP contribution in [0.3, 0.4) is 0 Å². The number of ether oxygens (including phenoxy) is 1. The van der Waals surface area contributed by atoms with E-state index in [1.165, 1.54) is 0 Å². The molecule has 3 N–H and O–H groups in total. The van der Waals surface area contributed by atoms with Gasteiger partial charge in [0.15, 0.2) is 0 Å². The fraction of sp³-hybridized carbons (Fsp3) is 0.400. The van der Waals surface area contributed by atoms with Crippen molar-refractivity contribution in [1.82, 2.24) is 10.3 Å². The lowest BCUT2D eigenvalue weighted by Crippen LogP contribution is -2.25. The van der Waals surface area contributed by atoms with E-state index in [4.69, 9.17) is 9.84 Å². The van der Waals surface area contributed by atoms with E-state index >= 15 is 0 Å². The van der Waals surface area contributed by atoms with Crippen LogP contribution in [-0.4, -0.2) is 42.4 Å². The second kappa shape index (κ2) is 7.07. The quantitative estimate of drug-likeness (QED) is 0.673. The number of aromatic nitrogens is 1. The normalized spacial score (nSPS) is 10.9. The molecule has 0 bridgehead atoms. The van der Waals surface area contributed by atoms with Gasteiger partial charge in [0.1, 0.15) is 0 Å². The van der Waals surface area contributed by atoms with Gasteiger partial charge in [-0.25, -0.2) is 0 Å². The molecule has 5 heteroatoms. The Morgan fingerprint density at radius 2 is 2.15 bits per heavy atom. The first-order valence-corrected chi connectivity index (χ1v) is 6.78. The van der Waals surface area contributed by atoms with Gasteiger partial charge in [0.2, 0.25) is 0 Å². The van der Waals surface area contributed by atoms with Crippen molar-refractivity contribution >= 4 is 16.8 Å². The molecule has 0 saturated carbocycles. The molecule has 0 spiro atoms. The van der Waals surface area contributed by atoms with E-state index in [0.29, 0.717) is 25.3 Å². The minimum absolute atomic E-state index is 0.0287. The highest BCUT2D eigenvalue weighted by molar-refractivity contribution is 6.08. The maximum atomic E-state index is 12.2. The van der Waals surface area contributed by atoms with E-state index in [1.54, 1.807) is 0 Å². The topological polar surface area (TPSA) is 74.4 Å². The van der Waals surface area contributed by atoms with Gasteiger partial charge in [-0.05, 0) is 19.4 Å². The van der Waals surface area contributed by atoms with Crippen molar-refractivity contribution in [3.8, 4) is 0 Å². The first-order valence-electron chi connectivity index (χ1n) is 6.78. The third-order valence-electron chi connectivity index (χ3n) is 3.11. The molecule has 5 nitrogen and oxygen atoms in total. The number of carbonyl (C=O) groups excluding carboxylic acids is 1. The van der Waals surface area contributed by atoms with E-state index in [1.807, 2.05) is 31.2 Å². The SMILES string of the molecule is Cc1[nH]c2ccccc2c1C(=O)NCCCOCCO. The molecule has 0 saturated heterocycles. The summed E-state index contributed by atoms with van der Waals surface area (Å²) in [7, 11) is 0. The number of benzene rings is 1. The van der Waals surface area contributed by atoms with Gasteiger partial charge >= 0.3 is 0 Å². The maximum Gasteiger partial charge on any atom is 0.253 e. The van der Waals surface area contributed by atoms with Gasteiger partial charge in [0.25, 0.3) is 5.91 Å². The molecule has 108 valence electrons. The van der Waals surface area contributed by atoms with Gasteiger partial charge in [0, 0.05) is 29.7 Å². The summed E-state index contributed by atoms with van der Waals surface area (Å²) in [5.41, 5.74) is 2.55. The maximum absolute atomic E-state index is 12.2. The molecule has 1 amide bonds. The molecule has 20 heavy (non-hydrogen) atoms. The summed E-state index contributed by atoms with van der Waals surface area (Å²) in [6.07, 6.45) is 0.729. The number of aromatic amines is 1. The van der Waals surface area contributed by atoms with Gasteiger partial charge in [-0.3, -0.25) is 4.79 Å². The molecule has 1 aromatic carbocycles. The number of hydrogen-bond acceptors (Lipinski definition) is 3. The molecule has 0 radical (unpaired) electrons. The summed E-state index contributed by atoms with van der Waals surface area (Å²) in [6.45, 7) is 3.37. The lowest BCUT2D eigenvalue weighted by Gasteiger charge is -2.06.